The smallest absolute Gasteiger partial charge is 0.173 e. The molecule has 0 fully saturated rings. The van der Waals surface area contributed by atoms with Gasteiger partial charge in [-0.1, -0.05) is 0 Å². The number of hydrogen-bond acceptors (Lipinski definition) is 3. The fourth-order valence-electron chi connectivity index (χ4n) is 0.702. The molecule has 4 heteroatoms. The lowest BCUT2D eigenvalue weighted by Crippen LogP contribution is -2.10. The first kappa shape index (κ1) is 6.07. The Morgan fingerprint density at radius 3 is 2.22 bits per heavy atom. The Morgan fingerprint density at radius 1 is 1.33 bits per heavy atom. The van der Waals surface area contributed by atoms with Crippen molar-refractivity contribution in [2.24, 2.45) is 0 Å². The third-order valence-corrected chi connectivity index (χ3v) is 1.12. The van der Waals surface area contributed by atoms with E-state index < -0.39 is 0 Å². The molecule has 0 atom stereocenters. The third kappa shape index (κ3) is 1.01. The molecule has 4 nitrogen and oxygen atoms in total. The van der Waals surface area contributed by atoms with Gasteiger partial charge in [0.15, 0.2) is 5.82 Å². The van der Waals surface area contributed by atoms with Gasteiger partial charge in [-0.25, -0.2) is 0 Å². The molecule has 1 N–H and O–H groups in total. The second-order valence-corrected chi connectivity index (χ2v) is 2.13. The summed E-state index contributed by atoms with van der Waals surface area (Å²) in [6, 6.07) is 0. The molecule has 1 aromatic heterocycles. The Balaban J connectivity index is 2.94. The van der Waals surface area contributed by atoms with Crippen LogP contribution in [0.25, 0.3) is 0 Å². The molecule has 0 saturated heterocycles. The zero-order valence-corrected chi connectivity index (χ0v) is 5.84. The summed E-state index contributed by atoms with van der Waals surface area (Å²) < 4.78 is 0. The molecule has 0 aliphatic heterocycles. The van der Waals surface area contributed by atoms with Crippen LogP contribution in [0.2, 0.25) is 0 Å². The minimum absolute atomic E-state index is 0.898. The van der Waals surface area contributed by atoms with Gasteiger partial charge in [0.25, 0.3) is 0 Å². The Hall–Kier alpha value is -1.06. The first-order chi connectivity index (χ1) is 4.22. The minimum atomic E-state index is 0.898. The van der Waals surface area contributed by atoms with Crippen LogP contribution >= 0.6 is 0 Å². The van der Waals surface area contributed by atoms with Crippen LogP contribution in [0.3, 0.4) is 0 Å². The molecule has 0 bridgehead atoms. The lowest BCUT2D eigenvalue weighted by atomic mass is 10.5. The van der Waals surface area contributed by atoms with Crippen LogP contribution in [0.1, 0.15) is 5.69 Å². The van der Waals surface area contributed by atoms with Crippen molar-refractivity contribution in [3.8, 4) is 0 Å². The first-order valence-corrected chi connectivity index (χ1v) is 2.76. The van der Waals surface area contributed by atoms with Gasteiger partial charge in [-0.15, -0.1) is 5.10 Å². The van der Waals surface area contributed by atoms with E-state index in [1.807, 2.05) is 25.9 Å². The van der Waals surface area contributed by atoms with E-state index >= 15 is 0 Å². The van der Waals surface area contributed by atoms with Gasteiger partial charge in [0.2, 0.25) is 0 Å². The van der Waals surface area contributed by atoms with Gasteiger partial charge < -0.3 is 4.90 Å². The maximum atomic E-state index is 3.91. The standard InChI is InChI=1S/C5H10N4/c1-4-5(9(2)3)7-8-6-4/h1-3H3,(H,6,7,8). The topological polar surface area (TPSA) is 44.8 Å². The molecule has 1 aromatic rings. The van der Waals surface area contributed by atoms with E-state index in [4.69, 9.17) is 0 Å². The van der Waals surface area contributed by atoms with Crippen LogP contribution in [0.4, 0.5) is 5.82 Å². The lowest BCUT2D eigenvalue weighted by molar-refractivity contribution is 0.920. The van der Waals surface area contributed by atoms with Gasteiger partial charge in [-0.05, 0) is 6.92 Å². The van der Waals surface area contributed by atoms with Crippen molar-refractivity contribution in [3.63, 3.8) is 0 Å². The summed E-state index contributed by atoms with van der Waals surface area (Å²) in [6.07, 6.45) is 0. The fourth-order valence-corrected chi connectivity index (χ4v) is 0.702. The molecular formula is C5H10N4. The highest BCUT2D eigenvalue weighted by Crippen LogP contribution is 2.07. The van der Waals surface area contributed by atoms with E-state index in [1.165, 1.54) is 0 Å². The number of nitrogens with zero attached hydrogens (tertiary/aromatic N) is 3. The average molecular weight is 126 g/mol. The quantitative estimate of drug-likeness (QED) is 0.583. The molecule has 0 aliphatic carbocycles. The van der Waals surface area contributed by atoms with Crippen molar-refractivity contribution in [1.29, 1.82) is 0 Å². The first-order valence-electron chi connectivity index (χ1n) is 2.76. The molecular weight excluding hydrogens is 116 g/mol. The number of hydrogen-bond donors (Lipinski definition) is 1. The number of H-pyrrole nitrogens is 1. The van der Waals surface area contributed by atoms with E-state index in [1.54, 1.807) is 0 Å². The summed E-state index contributed by atoms with van der Waals surface area (Å²) >= 11 is 0. The van der Waals surface area contributed by atoms with Gasteiger partial charge in [0.05, 0.1) is 0 Å². The third-order valence-electron chi connectivity index (χ3n) is 1.12. The van der Waals surface area contributed by atoms with Crippen LogP contribution in [0.5, 0.6) is 0 Å². The molecule has 1 rings (SSSR count). The summed E-state index contributed by atoms with van der Waals surface area (Å²) in [7, 11) is 3.87. The molecule has 1 heterocycles. The molecule has 0 unspecified atom stereocenters. The molecule has 0 saturated carbocycles. The number of aromatic nitrogens is 3. The number of anilines is 1. The Morgan fingerprint density at radius 2 is 2.00 bits per heavy atom. The van der Waals surface area contributed by atoms with Crippen molar-refractivity contribution in [2.75, 3.05) is 19.0 Å². The number of nitrogens with one attached hydrogen (secondary N) is 1. The molecule has 0 aliphatic rings. The van der Waals surface area contributed by atoms with Gasteiger partial charge in [-0.3, -0.25) is 0 Å². The normalized spacial score (nSPS) is 9.67. The molecule has 50 valence electrons. The zero-order valence-electron chi connectivity index (χ0n) is 5.84. The van der Waals surface area contributed by atoms with Crippen LogP contribution < -0.4 is 4.90 Å². The van der Waals surface area contributed by atoms with Crippen molar-refractivity contribution in [3.05, 3.63) is 5.69 Å². The summed E-state index contributed by atoms with van der Waals surface area (Å²) in [5, 5.41) is 10.3. The van der Waals surface area contributed by atoms with E-state index in [9.17, 15) is 0 Å². The lowest BCUT2D eigenvalue weighted by Gasteiger charge is -2.06. The SMILES string of the molecule is Cc1n[nH]nc1N(C)C. The fraction of sp³-hybridized carbons (Fsp3) is 0.600. The molecule has 0 amide bonds. The van der Waals surface area contributed by atoms with Crippen LogP contribution in [-0.4, -0.2) is 29.5 Å². The second-order valence-electron chi connectivity index (χ2n) is 2.13. The Bertz CT molecular complexity index is 191. The highest BCUT2D eigenvalue weighted by Gasteiger charge is 2.01. The average Bonchev–Trinajstić information content (AvgIpc) is 2.13. The predicted molar refractivity (Wildman–Crippen MR) is 35.4 cm³/mol. The van der Waals surface area contributed by atoms with Crippen LogP contribution in [0, 0.1) is 6.92 Å². The van der Waals surface area contributed by atoms with E-state index in [0.717, 1.165) is 11.5 Å². The van der Waals surface area contributed by atoms with E-state index in [2.05, 4.69) is 15.4 Å². The van der Waals surface area contributed by atoms with Crippen LogP contribution in [0.15, 0.2) is 0 Å². The van der Waals surface area contributed by atoms with Gasteiger partial charge in [0.1, 0.15) is 5.69 Å². The van der Waals surface area contributed by atoms with Gasteiger partial charge >= 0.3 is 0 Å². The molecule has 0 aromatic carbocycles. The zero-order chi connectivity index (χ0) is 6.85. The minimum Gasteiger partial charge on any atom is -0.360 e. The highest BCUT2D eigenvalue weighted by molar-refractivity contribution is 5.38. The number of aryl methyl sites for hydroxylation is 1. The Kier molecular flexibility index (Phi) is 1.38. The number of aromatic amines is 1. The van der Waals surface area contributed by atoms with Crippen molar-refractivity contribution in [2.45, 2.75) is 6.92 Å². The van der Waals surface area contributed by atoms with Gasteiger partial charge in [-0.2, -0.15) is 10.3 Å². The summed E-state index contributed by atoms with van der Waals surface area (Å²) in [6.45, 7) is 1.92. The number of rotatable bonds is 1. The van der Waals surface area contributed by atoms with Gasteiger partial charge in [0, 0.05) is 14.1 Å². The van der Waals surface area contributed by atoms with Crippen LogP contribution in [-0.2, 0) is 0 Å². The summed E-state index contributed by atoms with van der Waals surface area (Å²) in [5.41, 5.74) is 0.931. The van der Waals surface area contributed by atoms with E-state index in [0.29, 0.717) is 0 Å². The van der Waals surface area contributed by atoms with Crippen molar-refractivity contribution >= 4 is 5.82 Å². The summed E-state index contributed by atoms with van der Waals surface area (Å²) in [4.78, 5) is 1.92. The maximum absolute atomic E-state index is 3.91. The predicted octanol–water partition coefficient (Wildman–Crippen LogP) is 0.179. The maximum Gasteiger partial charge on any atom is 0.173 e. The molecule has 9 heavy (non-hydrogen) atoms. The Labute approximate surface area is 53.9 Å². The summed E-state index contributed by atoms with van der Waals surface area (Å²) in [5.74, 6) is 0.898. The van der Waals surface area contributed by atoms with Crippen molar-refractivity contribution < 1.29 is 0 Å². The van der Waals surface area contributed by atoms with E-state index in [-0.39, 0.29) is 0 Å². The molecule has 0 spiro atoms. The largest absolute Gasteiger partial charge is 0.360 e. The second kappa shape index (κ2) is 2.05. The molecule has 0 radical (unpaired) electrons. The van der Waals surface area contributed by atoms with Crippen molar-refractivity contribution in [1.82, 2.24) is 15.4 Å². The highest BCUT2D eigenvalue weighted by atomic mass is 15.4. The monoisotopic (exact) mass is 126 g/mol.